The van der Waals surface area contributed by atoms with Crippen LogP contribution in [0, 0.1) is 11.3 Å². The first kappa shape index (κ1) is 19.4. The van der Waals surface area contributed by atoms with E-state index in [1.54, 1.807) is 0 Å². The Kier molecular flexibility index (Phi) is 5.55. The van der Waals surface area contributed by atoms with Gasteiger partial charge in [-0.2, -0.15) is 0 Å². The molecule has 1 aliphatic carbocycles. The van der Waals surface area contributed by atoms with Crippen molar-refractivity contribution in [1.82, 2.24) is 9.80 Å². The number of likely N-dealkylation sites (tertiary alicyclic amines) is 2. The molecule has 3 fully saturated rings. The van der Waals surface area contributed by atoms with Gasteiger partial charge in [-0.05, 0) is 81.1 Å². The molecule has 3 heterocycles. The Balaban J connectivity index is 1.11. The number of ether oxygens (including phenoxy) is 1. The van der Waals surface area contributed by atoms with Crippen LogP contribution < -0.4 is 4.74 Å². The number of benzene rings is 1. The summed E-state index contributed by atoms with van der Waals surface area (Å²) >= 11 is 0. The quantitative estimate of drug-likeness (QED) is 0.762. The second-order valence-electron chi connectivity index (χ2n) is 10.0. The van der Waals surface area contributed by atoms with E-state index in [1.165, 1.54) is 76.6 Å². The van der Waals surface area contributed by atoms with Gasteiger partial charge in [-0.1, -0.05) is 43.9 Å². The van der Waals surface area contributed by atoms with Crippen molar-refractivity contribution in [3.05, 3.63) is 29.8 Å². The molecule has 4 nitrogen and oxygen atoms in total. The Labute approximate surface area is 175 Å². The standard InChI is InChI=1S/C25H36N2O2/c28-24(23-10-9-21-7-3-4-8-22(21)29-23)27-18-14-25(19-27)12-16-26(17-13-25)15-11-20-5-1-2-6-20/h3-4,7-8,20,23H,1-2,5-6,9-19H2. The number of aryl methyl sites for hydroxylation is 1. The Hall–Kier alpha value is -1.55. The van der Waals surface area contributed by atoms with E-state index >= 15 is 0 Å². The molecule has 1 aromatic carbocycles. The van der Waals surface area contributed by atoms with Crippen molar-refractivity contribution >= 4 is 5.91 Å². The molecular weight excluding hydrogens is 360 g/mol. The van der Waals surface area contributed by atoms with Crippen LogP contribution >= 0.6 is 0 Å². The highest BCUT2D eigenvalue weighted by molar-refractivity contribution is 5.82. The molecule has 1 saturated carbocycles. The maximum Gasteiger partial charge on any atom is 0.263 e. The van der Waals surface area contributed by atoms with Crippen molar-refractivity contribution in [3.63, 3.8) is 0 Å². The Morgan fingerprint density at radius 1 is 1.03 bits per heavy atom. The summed E-state index contributed by atoms with van der Waals surface area (Å²) in [4.78, 5) is 17.9. The first-order valence-corrected chi connectivity index (χ1v) is 12.0. The smallest absolute Gasteiger partial charge is 0.263 e. The average Bonchev–Trinajstić information content (AvgIpc) is 3.43. The molecule has 2 saturated heterocycles. The number of rotatable bonds is 4. The normalized spacial score (nSPS) is 27.2. The maximum atomic E-state index is 13.1. The van der Waals surface area contributed by atoms with Crippen LogP contribution in [0.1, 0.15) is 63.4 Å². The van der Waals surface area contributed by atoms with Crippen molar-refractivity contribution in [3.8, 4) is 5.75 Å². The summed E-state index contributed by atoms with van der Waals surface area (Å²) in [7, 11) is 0. The van der Waals surface area contributed by atoms with Crippen molar-refractivity contribution < 1.29 is 9.53 Å². The summed E-state index contributed by atoms with van der Waals surface area (Å²) in [5, 5.41) is 0. The molecule has 3 aliphatic heterocycles. The van der Waals surface area contributed by atoms with Crippen LogP contribution in [0.25, 0.3) is 0 Å². The molecule has 0 aromatic heterocycles. The van der Waals surface area contributed by atoms with Crippen LogP contribution in [-0.2, 0) is 11.2 Å². The summed E-state index contributed by atoms with van der Waals surface area (Å²) in [6.45, 7) is 5.61. The van der Waals surface area contributed by atoms with E-state index in [2.05, 4.69) is 21.9 Å². The SMILES string of the molecule is O=C(C1CCc2ccccc2O1)N1CCC2(CCN(CCC3CCCC3)CC2)C1. The minimum Gasteiger partial charge on any atom is -0.480 e. The summed E-state index contributed by atoms with van der Waals surface area (Å²) in [5.41, 5.74) is 1.60. The van der Waals surface area contributed by atoms with E-state index in [1.807, 2.05) is 12.1 Å². The third kappa shape index (κ3) is 4.19. The highest BCUT2D eigenvalue weighted by Gasteiger charge is 2.43. The second-order valence-corrected chi connectivity index (χ2v) is 10.0. The van der Waals surface area contributed by atoms with Crippen LogP contribution in [0.3, 0.4) is 0 Å². The predicted octanol–water partition coefficient (Wildman–Crippen LogP) is 4.28. The molecule has 0 N–H and O–H groups in total. The van der Waals surface area contributed by atoms with E-state index < -0.39 is 0 Å². The van der Waals surface area contributed by atoms with E-state index in [0.29, 0.717) is 5.41 Å². The van der Waals surface area contributed by atoms with Crippen molar-refractivity contribution in [2.45, 2.75) is 70.3 Å². The van der Waals surface area contributed by atoms with Gasteiger partial charge in [0.25, 0.3) is 5.91 Å². The molecule has 4 heteroatoms. The first-order chi connectivity index (χ1) is 14.2. The van der Waals surface area contributed by atoms with E-state index in [4.69, 9.17) is 4.74 Å². The Bertz CT molecular complexity index is 719. The van der Waals surface area contributed by atoms with Crippen molar-refractivity contribution in [1.29, 1.82) is 0 Å². The van der Waals surface area contributed by atoms with Crippen LogP contribution in [0.15, 0.2) is 24.3 Å². The molecule has 1 amide bonds. The topological polar surface area (TPSA) is 32.8 Å². The fraction of sp³-hybridized carbons (Fsp3) is 0.720. The number of hydrogen-bond donors (Lipinski definition) is 0. The molecule has 158 valence electrons. The number of hydrogen-bond acceptors (Lipinski definition) is 3. The fourth-order valence-corrected chi connectivity index (χ4v) is 6.15. The number of nitrogens with zero attached hydrogens (tertiary/aromatic N) is 2. The number of piperidine rings is 1. The lowest BCUT2D eigenvalue weighted by Crippen LogP contribution is -2.45. The van der Waals surface area contributed by atoms with Gasteiger partial charge in [0, 0.05) is 13.1 Å². The van der Waals surface area contributed by atoms with Gasteiger partial charge in [0.15, 0.2) is 6.10 Å². The molecule has 29 heavy (non-hydrogen) atoms. The number of fused-ring (bicyclic) bond motifs is 1. The van der Waals surface area contributed by atoms with Crippen LogP contribution in [0.2, 0.25) is 0 Å². The van der Waals surface area contributed by atoms with E-state index in [0.717, 1.165) is 37.6 Å². The zero-order valence-corrected chi connectivity index (χ0v) is 17.8. The summed E-state index contributed by atoms with van der Waals surface area (Å²) in [6, 6.07) is 8.16. The van der Waals surface area contributed by atoms with Crippen molar-refractivity contribution in [2.24, 2.45) is 11.3 Å². The lowest BCUT2D eigenvalue weighted by molar-refractivity contribution is -0.139. The fourth-order valence-electron chi connectivity index (χ4n) is 6.15. The largest absolute Gasteiger partial charge is 0.480 e. The highest BCUT2D eigenvalue weighted by Crippen LogP contribution is 2.41. The molecular formula is C25H36N2O2. The molecule has 5 rings (SSSR count). The predicted molar refractivity (Wildman–Crippen MR) is 115 cm³/mol. The molecule has 1 atom stereocenters. The van der Waals surface area contributed by atoms with Crippen LogP contribution in [0.4, 0.5) is 0 Å². The molecule has 0 radical (unpaired) electrons. The number of para-hydroxylation sites is 1. The summed E-state index contributed by atoms with van der Waals surface area (Å²) in [6.07, 6.45) is 12.4. The monoisotopic (exact) mass is 396 g/mol. The zero-order chi connectivity index (χ0) is 19.7. The lowest BCUT2D eigenvalue weighted by atomic mass is 9.77. The maximum absolute atomic E-state index is 13.1. The average molecular weight is 397 g/mol. The number of carbonyl (C=O) groups excluding carboxylic acids is 1. The zero-order valence-electron chi connectivity index (χ0n) is 17.8. The van der Waals surface area contributed by atoms with Gasteiger partial charge >= 0.3 is 0 Å². The lowest BCUT2D eigenvalue weighted by Gasteiger charge is -2.39. The molecule has 1 unspecified atom stereocenters. The van der Waals surface area contributed by atoms with Crippen LogP contribution in [0.5, 0.6) is 5.75 Å². The van der Waals surface area contributed by atoms with Gasteiger partial charge in [0.2, 0.25) is 0 Å². The van der Waals surface area contributed by atoms with Gasteiger partial charge in [0.05, 0.1) is 0 Å². The third-order valence-corrected chi connectivity index (χ3v) is 8.19. The minimum atomic E-state index is -0.286. The first-order valence-electron chi connectivity index (χ1n) is 12.0. The van der Waals surface area contributed by atoms with Gasteiger partial charge in [-0.15, -0.1) is 0 Å². The van der Waals surface area contributed by atoms with Gasteiger partial charge in [-0.3, -0.25) is 4.79 Å². The Morgan fingerprint density at radius 2 is 1.79 bits per heavy atom. The van der Waals surface area contributed by atoms with E-state index in [-0.39, 0.29) is 12.0 Å². The molecule has 1 spiro atoms. The summed E-state index contributed by atoms with van der Waals surface area (Å²) < 4.78 is 6.08. The third-order valence-electron chi connectivity index (χ3n) is 8.19. The number of amides is 1. The van der Waals surface area contributed by atoms with Gasteiger partial charge in [0.1, 0.15) is 5.75 Å². The summed E-state index contributed by atoms with van der Waals surface area (Å²) in [5.74, 6) is 2.12. The number of carbonyl (C=O) groups is 1. The molecule has 4 aliphatic rings. The molecule has 0 bridgehead atoms. The minimum absolute atomic E-state index is 0.222. The second kappa shape index (κ2) is 8.29. The van der Waals surface area contributed by atoms with Crippen molar-refractivity contribution in [2.75, 3.05) is 32.7 Å². The van der Waals surface area contributed by atoms with E-state index in [9.17, 15) is 4.79 Å². The van der Waals surface area contributed by atoms with Gasteiger partial charge in [-0.25, -0.2) is 0 Å². The highest BCUT2D eigenvalue weighted by atomic mass is 16.5. The molecule has 1 aromatic rings. The van der Waals surface area contributed by atoms with Gasteiger partial charge < -0.3 is 14.5 Å². The Morgan fingerprint density at radius 3 is 2.62 bits per heavy atom. The van der Waals surface area contributed by atoms with Crippen LogP contribution in [-0.4, -0.2) is 54.5 Å².